The van der Waals surface area contributed by atoms with Gasteiger partial charge in [0.2, 0.25) is 0 Å². The molecule has 23 heavy (non-hydrogen) atoms. The molecule has 1 unspecified atom stereocenters. The Hall–Kier alpha value is -1.23. The minimum Gasteiger partial charge on any atom is -0.249 e. The van der Waals surface area contributed by atoms with Crippen molar-refractivity contribution in [2.75, 3.05) is 0 Å². The van der Waals surface area contributed by atoms with Gasteiger partial charge in [-0.05, 0) is 42.8 Å². The van der Waals surface area contributed by atoms with Crippen LogP contribution in [-0.2, 0) is 10.8 Å². The molecule has 0 saturated heterocycles. The molecule has 1 atom stereocenters. The Balaban J connectivity index is 2.17. The van der Waals surface area contributed by atoms with E-state index in [0.29, 0.717) is 0 Å². The molecule has 4 heteroatoms. The third kappa shape index (κ3) is 3.49. The van der Waals surface area contributed by atoms with Crippen LogP contribution in [0, 0.1) is 6.92 Å². The van der Waals surface area contributed by atoms with Crippen molar-refractivity contribution in [1.29, 1.82) is 0 Å². The first-order chi connectivity index (χ1) is 11.1. The van der Waals surface area contributed by atoms with Crippen molar-refractivity contribution < 1.29 is 4.21 Å². The molecule has 1 nitrogen and oxygen atoms in total. The van der Waals surface area contributed by atoms with E-state index in [-0.39, 0.29) is 0 Å². The third-order valence-corrected chi connectivity index (χ3v) is 6.35. The van der Waals surface area contributed by atoms with E-state index in [4.69, 9.17) is 0 Å². The highest BCUT2D eigenvalue weighted by Crippen LogP contribution is 2.38. The second-order valence-electron chi connectivity index (χ2n) is 5.17. The highest BCUT2D eigenvalue weighted by Gasteiger charge is 2.17. The van der Waals surface area contributed by atoms with Gasteiger partial charge in [0.15, 0.2) is 0 Å². The van der Waals surface area contributed by atoms with Crippen LogP contribution in [0.2, 0.25) is 0 Å². The second-order valence-corrected chi connectivity index (χ2v) is 8.33. The van der Waals surface area contributed by atoms with Gasteiger partial charge in [-0.15, -0.1) is 0 Å². The van der Waals surface area contributed by atoms with Crippen LogP contribution < -0.4 is 0 Å². The van der Waals surface area contributed by atoms with Gasteiger partial charge >= 0.3 is 0 Å². The number of hydrogen-bond donors (Lipinski definition) is 0. The van der Waals surface area contributed by atoms with Crippen molar-refractivity contribution >= 4 is 42.7 Å². The molecule has 3 aromatic carbocycles. The smallest absolute Gasteiger partial charge is 0.0856 e. The SMILES string of the molecule is Cc1ccc(S(=O)c2cccc(Br)c2-c2ccccc2Br)cc1. The van der Waals surface area contributed by atoms with Crippen molar-refractivity contribution in [2.45, 2.75) is 16.7 Å². The van der Waals surface area contributed by atoms with Crippen molar-refractivity contribution in [3.8, 4) is 11.1 Å². The summed E-state index contributed by atoms with van der Waals surface area (Å²) >= 11 is 7.21. The largest absolute Gasteiger partial charge is 0.249 e. The van der Waals surface area contributed by atoms with Crippen molar-refractivity contribution in [3.05, 3.63) is 81.2 Å². The Kier molecular flexibility index (Phi) is 5.14. The Morgan fingerprint density at radius 2 is 1.43 bits per heavy atom. The van der Waals surface area contributed by atoms with E-state index in [1.165, 1.54) is 0 Å². The molecule has 3 aromatic rings. The summed E-state index contributed by atoms with van der Waals surface area (Å²) in [7, 11) is -1.24. The summed E-state index contributed by atoms with van der Waals surface area (Å²) in [5.74, 6) is 0. The molecule has 116 valence electrons. The summed E-state index contributed by atoms with van der Waals surface area (Å²) in [4.78, 5) is 1.61. The summed E-state index contributed by atoms with van der Waals surface area (Å²) in [6, 6.07) is 21.6. The van der Waals surface area contributed by atoms with E-state index in [9.17, 15) is 4.21 Å². The number of rotatable bonds is 3. The molecule has 0 radical (unpaired) electrons. The fraction of sp³-hybridized carbons (Fsp3) is 0.0526. The minimum atomic E-state index is -1.24. The average Bonchev–Trinajstić information content (AvgIpc) is 2.56. The Morgan fingerprint density at radius 1 is 0.783 bits per heavy atom. The van der Waals surface area contributed by atoms with Crippen LogP contribution in [0.4, 0.5) is 0 Å². The molecule has 0 heterocycles. The molecule has 0 aromatic heterocycles. The molecular formula is C19H14Br2OS. The predicted molar refractivity (Wildman–Crippen MR) is 103 cm³/mol. The maximum Gasteiger partial charge on any atom is 0.0856 e. The molecule has 0 fully saturated rings. The van der Waals surface area contributed by atoms with Crippen LogP contribution in [0.1, 0.15) is 5.56 Å². The maximum atomic E-state index is 13.1. The topological polar surface area (TPSA) is 17.1 Å². The molecule has 0 aliphatic rings. The standard InChI is InChI=1S/C19H14Br2OS/c1-13-9-11-14(12-10-13)23(22)18-8-4-7-17(21)19(18)15-5-2-3-6-16(15)20/h2-12H,1H3. The molecular weight excluding hydrogens is 436 g/mol. The zero-order valence-electron chi connectivity index (χ0n) is 12.4. The highest BCUT2D eigenvalue weighted by molar-refractivity contribution is 9.11. The molecule has 3 rings (SSSR count). The van der Waals surface area contributed by atoms with Crippen molar-refractivity contribution in [2.24, 2.45) is 0 Å². The lowest BCUT2D eigenvalue weighted by Gasteiger charge is -2.13. The number of benzene rings is 3. The Bertz CT molecular complexity index is 873. The number of halogens is 2. The van der Waals surface area contributed by atoms with Crippen LogP contribution in [0.25, 0.3) is 11.1 Å². The van der Waals surface area contributed by atoms with Gasteiger partial charge in [-0.3, -0.25) is 0 Å². The lowest BCUT2D eigenvalue weighted by Crippen LogP contribution is -1.97. The van der Waals surface area contributed by atoms with Gasteiger partial charge in [-0.25, -0.2) is 4.21 Å². The van der Waals surface area contributed by atoms with E-state index < -0.39 is 10.8 Å². The number of aryl methyl sites for hydroxylation is 1. The van der Waals surface area contributed by atoms with Gasteiger partial charge in [-0.2, -0.15) is 0 Å². The second kappa shape index (κ2) is 7.12. The fourth-order valence-electron chi connectivity index (χ4n) is 2.37. The monoisotopic (exact) mass is 448 g/mol. The summed E-state index contributed by atoms with van der Waals surface area (Å²) < 4.78 is 15.0. The summed E-state index contributed by atoms with van der Waals surface area (Å²) in [5, 5.41) is 0. The lowest BCUT2D eigenvalue weighted by atomic mass is 10.1. The van der Waals surface area contributed by atoms with Crippen LogP contribution in [0.15, 0.2) is 85.5 Å². The quantitative estimate of drug-likeness (QED) is 0.455. The summed E-state index contributed by atoms with van der Waals surface area (Å²) in [5.41, 5.74) is 3.14. The van der Waals surface area contributed by atoms with Crippen LogP contribution in [-0.4, -0.2) is 4.21 Å². The van der Waals surface area contributed by atoms with E-state index in [1.807, 2.05) is 73.7 Å². The highest BCUT2D eigenvalue weighted by atomic mass is 79.9. The predicted octanol–water partition coefficient (Wildman–Crippen LogP) is 6.35. The molecule has 0 saturated carbocycles. The van der Waals surface area contributed by atoms with Crippen molar-refractivity contribution in [3.63, 3.8) is 0 Å². The zero-order chi connectivity index (χ0) is 16.4. The first-order valence-corrected chi connectivity index (χ1v) is 9.83. The Morgan fingerprint density at radius 3 is 2.13 bits per heavy atom. The molecule has 0 N–H and O–H groups in total. The van der Waals surface area contributed by atoms with Crippen LogP contribution in [0.5, 0.6) is 0 Å². The fourth-order valence-corrected chi connectivity index (χ4v) is 4.81. The van der Waals surface area contributed by atoms with Crippen molar-refractivity contribution in [1.82, 2.24) is 0 Å². The summed E-state index contributed by atoms with van der Waals surface area (Å²) in [6.07, 6.45) is 0. The first-order valence-electron chi connectivity index (χ1n) is 7.10. The van der Waals surface area contributed by atoms with E-state index in [1.54, 1.807) is 0 Å². The first kappa shape index (κ1) is 16.6. The van der Waals surface area contributed by atoms with Gasteiger partial charge in [-0.1, -0.05) is 73.8 Å². The molecule has 0 spiro atoms. The third-order valence-electron chi connectivity index (χ3n) is 3.55. The number of hydrogen-bond acceptors (Lipinski definition) is 1. The van der Waals surface area contributed by atoms with Gasteiger partial charge in [0.1, 0.15) is 0 Å². The van der Waals surface area contributed by atoms with Gasteiger partial charge in [0.05, 0.1) is 15.7 Å². The van der Waals surface area contributed by atoms with E-state index >= 15 is 0 Å². The van der Waals surface area contributed by atoms with E-state index in [2.05, 4.69) is 31.9 Å². The van der Waals surface area contributed by atoms with Gasteiger partial charge in [0.25, 0.3) is 0 Å². The normalized spacial score (nSPS) is 12.1. The molecule has 0 amide bonds. The average molecular weight is 450 g/mol. The van der Waals surface area contributed by atoms with Crippen LogP contribution >= 0.6 is 31.9 Å². The van der Waals surface area contributed by atoms with Crippen LogP contribution in [0.3, 0.4) is 0 Å². The molecule has 0 bridgehead atoms. The molecule has 0 aliphatic heterocycles. The maximum absolute atomic E-state index is 13.1. The summed E-state index contributed by atoms with van der Waals surface area (Å²) in [6.45, 7) is 2.03. The van der Waals surface area contributed by atoms with Gasteiger partial charge < -0.3 is 0 Å². The minimum absolute atomic E-state index is 0.801. The van der Waals surface area contributed by atoms with E-state index in [0.717, 1.165) is 35.4 Å². The Labute approximate surface area is 155 Å². The van der Waals surface area contributed by atoms with Gasteiger partial charge in [0, 0.05) is 19.4 Å². The molecule has 0 aliphatic carbocycles. The lowest BCUT2D eigenvalue weighted by molar-refractivity contribution is 0.683. The zero-order valence-corrected chi connectivity index (χ0v) is 16.4.